The van der Waals surface area contributed by atoms with Gasteiger partial charge in [0, 0.05) is 18.9 Å². The SMILES string of the molecule is COC(=O)CNC(=O)CO\N=C1/C=C\C=C/[C@H]2O[C@@H]2C[C@@H](C)OC(=O)c2c(O)cc(O)c(Cl)c2C1. The number of nitrogens with zero attached hydrogens (tertiary/aromatic N) is 1. The molecule has 1 fully saturated rings. The summed E-state index contributed by atoms with van der Waals surface area (Å²) in [5, 5.41) is 26.6. The van der Waals surface area contributed by atoms with E-state index in [1.165, 1.54) is 7.11 Å². The summed E-state index contributed by atoms with van der Waals surface area (Å²) >= 11 is 6.27. The van der Waals surface area contributed by atoms with Crippen molar-refractivity contribution in [3.05, 3.63) is 46.5 Å². The van der Waals surface area contributed by atoms with Crippen LogP contribution in [-0.4, -0.2) is 72.3 Å². The zero-order valence-corrected chi connectivity index (χ0v) is 19.8. The van der Waals surface area contributed by atoms with Crippen LogP contribution in [0.5, 0.6) is 11.5 Å². The van der Waals surface area contributed by atoms with Gasteiger partial charge in [-0.25, -0.2) is 4.79 Å². The average Bonchev–Trinajstić information content (AvgIpc) is 3.54. The van der Waals surface area contributed by atoms with Gasteiger partial charge >= 0.3 is 11.9 Å². The fourth-order valence-corrected chi connectivity index (χ4v) is 3.54. The van der Waals surface area contributed by atoms with Crippen molar-refractivity contribution in [3.8, 4) is 11.5 Å². The van der Waals surface area contributed by atoms with E-state index in [0.717, 1.165) is 6.07 Å². The zero-order chi connectivity index (χ0) is 25.5. The minimum Gasteiger partial charge on any atom is -0.507 e. The second-order valence-electron chi connectivity index (χ2n) is 7.80. The summed E-state index contributed by atoms with van der Waals surface area (Å²) in [6.07, 6.45) is 6.34. The molecule has 1 saturated heterocycles. The van der Waals surface area contributed by atoms with Crippen LogP contribution in [0.25, 0.3) is 0 Å². The number of hydrogen-bond acceptors (Lipinski definition) is 10. The highest BCUT2D eigenvalue weighted by Gasteiger charge is 2.38. The lowest BCUT2D eigenvalue weighted by Crippen LogP contribution is -2.32. The molecule has 0 bridgehead atoms. The Morgan fingerprint density at radius 1 is 1.29 bits per heavy atom. The van der Waals surface area contributed by atoms with Crippen molar-refractivity contribution >= 4 is 35.2 Å². The van der Waals surface area contributed by atoms with E-state index in [9.17, 15) is 24.6 Å². The highest BCUT2D eigenvalue weighted by atomic mass is 35.5. The maximum atomic E-state index is 12.9. The van der Waals surface area contributed by atoms with Crippen molar-refractivity contribution in [3.63, 3.8) is 0 Å². The van der Waals surface area contributed by atoms with Crippen LogP contribution in [0, 0.1) is 0 Å². The van der Waals surface area contributed by atoms with Gasteiger partial charge in [0.25, 0.3) is 5.91 Å². The van der Waals surface area contributed by atoms with E-state index in [4.69, 9.17) is 25.9 Å². The van der Waals surface area contributed by atoms with E-state index in [0.29, 0.717) is 6.42 Å². The molecule has 3 atom stereocenters. The Labute approximate surface area is 205 Å². The van der Waals surface area contributed by atoms with E-state index in [1.54, 1.807) is 25.2 Å². The Bertz CT molecular complexity index is 1080. The lowest BCUT2D eigenvalue weighted by molar-refractivity contribution is -0.141. The van der Waals surface area contributed by atoms with Crippen LogP contribution < -0.4 is 5.32 Å². The number of methoxy groups -OCH3 is 1. The number of halogens is 1. The lowest BCUT2D eigenvalue weighted by atomic mass is 9.99. The molecule has 0 aromatic heterocycles. The number of carbonyl (C=O) groups excluding carboxylic acids is 3. The third-order valence-corrected chi connectivity index (χ3v) is 5.53. The Morgan fingerprint density at radius 3 is 2.80 bits per heavy atom. The molecule has 188 valence electrons. The van der Waals surface area contributed by atoms with Crippen LogP contribution in [0.15, 0.2) is 35.5 Å². The highest BCUT2D eigenvalue weighted by Crippen LogP contribution is 2.38. The number of cyclic esters (lactones) is 1. The van der Waals surface area contributed by atoms with Crippen molar-refractivity contribution in [2.45, 2.75) is 38.1 Å². The van der Waals surface area contributed by atoms with E-state index >= 15 is 0 Å². The second-order valence-corrected chi connectivity index (χ2v) is 8.18. The molecule has 35 heavy (non-hydrogen) atoms. The molecule has 2 heterocycles. The summed E-state index contributed by atoms with van der Waals surface area (Å²) in [7, 11) is 1.19. The van der Waals surface area contributed by atoms with Crippen LogP contribution in [0.3, 0.4) is 0 Å². The first-order valence-corrected chi connectivity index (χ1v) is 11.0. The van der Waals surface area contributed by atoms with Gasteiger partial charge in [-0.05, 0) is 18.6 Å². The molecule has 0 saturated carbocycles. The molecular formula is C23H25ClN2O9. The van der Waals surface area contributed by atoms with Gasteiger partial charge in [-0.2, -0.15) is 0 Å². The topological polar surface area (TPSA) is 156 Å². The predicted octanol–water partition coefficient (Wildman–Crippen LogP) is 1.78. The summed E-state index contributed by atoms with van der Waals surface area (Å²) in [6, 6.07) is 0.952. The first-order valence-electron chi connectivity index (χ1n) is 10.7. The minimum atomic E-state index is -0.830. The summed E-state index contributed by atoms with van der Waals surface area (Å²) in [6.45, 7) is 0.871. The second kappa shape index (κ2) is 11.7. The van der Waals surface area contributed by atoms with Crippen LogP contribution in [0.2, 0.25) is 5.02 Å². The van der Waals surface area contributed by atoms with Gasteiger partial charge in [0.2, 0.25) is 0 Å². The Morgan fingerprint density at radius 2 is 2.06 bits per heavy atom. The molecule has 1 aromatic carbocycles. The number of carbonyl (C=O) groups is 3. The number of hydrogen-bond donors (Lipinski definition) is 3. The van der Waals surface area contributed by atoms with E-state index < -0.39 is 42.1 Å². The molecule has 1 aromatic rings. The van der Waals surface area contributed by atoms with Gasteiger partial charge in [0.1, 0.15) is 35.8 Å². The van der Waals surface area contributed by atoms with Crippen LogP contribution in [-0.2, 0) is 35.1 Å². The number of phenolic OH excluding ortho intramolecular Hbond substituents is 2. The number of epoxide rings is 1. The number of oxime groups is 1. The molecule has 3 rings (SSSR count). The zero-order valence-electron chi connectivity index (χ0n) is 19.0. The molecule has 3 N–H and O–H groups in total. The van der Waals surface area contributed by atoms with Crippen LogP contribution >= 0.6 is 11.6 Å². The first kappa shape index (κ1) is 26.0. The quantitative estimate of drug-likeness (QED) is 0.306. The van der Waals surface area contributed by atoms with Gasteiger partial charge in [0.05, 0.1) is 23.9 Å². The Kier molecular flexibility index (Phi) is 8.72. The Balaban J connectivity index is 1.88. The van der Waals surface area contributed by atoms with Crippen molar-refractivity contribution in [1.82, 2.24) is 5.32 Å². The fraction of sp³-hybridized carbons (Fsp3) is 0.391. The fourth-order valence-electron chi connectivity index (χ4n) is 3.32. The van der Waals surface area contributed by atoms with Gasteiger partial charge in [-0.3, -0.25) is 9.59 Å². The number of ether oxygens (including phenoxy) is 3. The molecule has 2 aliphatic rings. The third-order valence-electron chi connectivity index (χ3n) is 5.11. The van der Waals surface area contributed by atoms with Gasteiger partial charge in [-0.1, -0.05) is 35.0 Å². The normalized spacial score (nSPS) is 24.7. The van der Waals surface area contributed by atoms with Gasteiger partial charge in [0.15, 0.2) is 6.61 Å². The van der Waals surface area contributed by atoms with E-state index in [2.05, 4.69) is 15.2 Å². The molecular weight excluding hydrogens is 484 g/mol. The maximum absolute atomic E-state index is 12.9. The number of rotatable bonds is 5. The standard InChI is InChI=1S/C23H25ClN2O9/c1-12-7-18-17(35-18)6-4-3-5-13(26-33-11-19(29)25-10-20(30)32-2)8-14-21(23(31)34-12)15(27)9-16(28)22(14)24/h3-6,9,12,17-18,27-28H,7-8,10-11H2,1-2H3,(H,25,29)/b5-3-,6-4-,26-13+/t12-,17-,18-/m1/s1. The number of allylic oxidation sites excluding steroid dienone is 3. The molecule has 0 radical (unpaired) electrons. The molecule has 11 nitrogen and oxygen atoms in total. The monoisotopic (exact) mass is 508 g/mol. The molecule has 1 amide bonds. The third kappa shape index (κ3) is 7.20. The van der Waals surface area contributed by atoms with Crippen LogP contribution in [0.1, 0.15) is 29.3 Å². The molecule has 2 aliphatic heterocycles. The van der Waals surface area contributed by atoms with Crippen LogP contribution in [0.4, 0.5) is 0 Å². The van der Waals surface area contributed by atoms with E-state index in [-0.39, 0.29) is 47.0 Å². The highest BCUT2D eigenvalue weighted by molar-refractivity contribution is 6.33. The number of esters is 2. The summed E-state index contributed by atoms with van der Waals surface area (Å²) in [5.41, 5.74) is 0.0391. The number of fused-ring (bicyclic) bond motifs is 2. The van der Waals surface area contributed by atoms with Crippen molar-refractivity contribution < 1.29 is 43.6 Å². The first-order chi connectivity index (χ1) is 16.7. The number of amides is 1. The van der Waals surface area contributed by atoms with Gasteiger partial charge < -0.3 is 34.6 Å². The summed E-state index contributed by atoms with van der Waals surface area (Å²) < 4.78 is 15.5. The number of nitrogens with one attached hydrogen (secondary N) is 1. The Hall–Kier alpha value is -3.57. The van der Waals surface area contributed by atoms with Gasteiger partial charge in [-0.15, -0.1) is 0 Å². The van der Waals surface area contributed by atoms with Crippen molar-refractivity contribution in [2.75, 3.05) is 20.3 Å². The number of benzene rings is 1. The average molecular weight is 509 g/mol. The smallest absolute Gasteiger partial charge is 0.342 e. The maximum Gasteiger partial charge on any atom is 0.342 e. The predicted molar refractivity (Wildman–Crippen MR) is 123 cm³/mol. The van der Waals surface area contributed by atoms with E-state index in [1.807, 2.05) is 6.08 Å². The number of aromatic hydroxyl groups is 2. The molecule has 0 spiro atoms. The molecule has 12 heteroatoms. The molecule has 0 aliphatic carbocycles. The summed E-state index contributed by atoms with van der Waals surface area (Å²) in [5.74, 6) is -3.03. The largest absolute Gasteiger partial charge is 0.507 e. The molecule has 0 unspecified atom stereocenters. The minimum absolute atomic E-state index is 0.0603. The lowest BCUT2D eigenvalue weighted by Gasteiger charge is -2.17. The summed E-state index contributed by atoms with van der Waals surface area (Å²) in [4.78, 5) is 41.0. The van der Waals surface area contributed by atoms with Crippen molar-refractivity contribution in [2.24, 2.45) is 5.16 Å². The van der Waals surface area contributed by atoms with Crippen molar-refractivity contribution in [1.29, 1.82) is 0 Å². The number of phenols is 2.